The maximum absolute atomic E-state index is 12.8. The summed E-state index contributed by atoms with van der Waals surface area (Å²) in [7, 11) is 1.31. The van der Waals surface area contributed by atoms with Gasteiger partial charge in [-0.3, -0.25) is 9.36 Å². The van der Waals surface area contributed by atoms with Gasteiger partial charge >= 0.3 is 11.9 Å². The number of carbonyl (C=O) groups excluding carboxylic acids is 2. The molecular formula is C18H16N2O5S. The molecule has 0 bridgehead atoms. The molecule has 3 aromatic rings. The van der Waals surface area contributed by atoms with Crippen LogP contribution in [0, 0.1) is 0 Å². The summed E-state index contributed by atoms with van der Waals surface area (Å²) < 4.78 is 11.1. The van der Waals surface area contributed by atoms with Gasteiger partial charge in [0.05, 0.1) is 43.1 Å². The highest BCUT2D eigenvalue weighted by molar-refractivity contribution is 7.17. The number of hydrogen-bond donors (Lipinski definition) is 0. The van der Waals surface area contributed by atoms with Crippen molar-refractivity contribution >= 4 is 33.5 Å². The molecule has 0 aliphatic heterocycles. The van der Waals surface area contributed by atoms with Crippen molar-refractivity contribution in [3.05, 3.63) is 63.0 Å². The third-order valence-electron chi connectivity index (χ3n) is 3.76. The Morgan fingerprint density at radius 3 is 2.81 bits per heavy atom. The van der Waals surface area contributed by atoms with Crippen molar-refractivity contribution in [1.82, 2.24) is 9.55 Å². The Bertz CT molecular complexity index is 1040. The third kappa shape index (κ3) is 3.36. The van der Waals surface area contributed by atoms with Crippen LogP contribution in [0.3, 0.4) is 0 Å². The number of ether oxygens (including phenoxy) is 2. The second-order valence-corrected chi connectivity index (χ2v) is 6.28. The molecule has 8 heteroatoms. The zero-order valence-corrected chi connectivity index (χ0v) is 15.0. The standard InChI is InChI=1S/C18H16N2O5S/c1-3-25-18(23)13-9-26-15-14(13)16(21)20(10-19-15)8-11-5-4-6-12(7-11)17(22)24-2/h4-7,9-10H,3,8H2,1-2H3. The normalized spacial score (nSPS) is 10.7. The first-order chi connectivity index (χ1) is 12.5. The van der Waals surface area contributed by atoms with Crippen LogP contribution in [0.2, 0.25) is 0 Å². The van der Waals surface area contributed by atoms with E-state index in [9.17, 15) is 14.4 Å². The molecule has 0 radical (unpaired) electrons. The zero-order valence-electron chi connectivity index (χ0n) is 14.2. The van der Waals surface area contributed by atoms with Crippen LogP contribution in [0.15, 0.2) is 40.8 Å². The number of benzene rings is 1. The molecule has 1 aromatic carbocycles. The van der Waals surface area contributed by atoms with E-state index in [1.165, 1.54) is 29.3 Å². The number of esters is 2. The molecule has 26 heavy (non-hydrogen) atoms. The summed E-state index contributed by atoms with van der Waals surface area (Å²) in [6, 6.07) is 6.80. The van der Waals surface area contributed by atoms with Crippen LogP contribution in [0.1, 0.15) is 33.2 Å². The Morgan fingerprint density at radius 2 is 2.08 bits per heavy atom. The van der Waals surface area contributed by atoms with Crippen LogP contribution in [-0.4, -0.2) is 35.2 Å². The monoisotopic (exact) mass is 372 g/mol. The number of carbonyl (C=O) groups is 2. The molecular weight excluding hydrogens is 356 g/mol. The van der Waals surface area contributed by atoms with Gasteiger partial charge in [0.15, 0.2) is 0 Å². The molecule has 134 valence electrons. The van der Waals surface area contributed by atoms with Crippen molar-refractivity contribution in [2.45, 2.75) is 13.5 Å². The summed E-state index contributed by atoms with van der Waals surface area (Å²) in [6.45, 7) is 2.15. The minimum atomic E-state index is -0.539. The molecule has 2 heterocycles. The van der Waals surface area contributed by atoms with Crippen molar-refractivity contribution < 1.29 is 19.1 Å². The average Bonchev–Trinajstić information content (AvgIpc) is 3.09. The first kappa shape index (κ1) is 17.8. The minimum absolute atomic E-state index is 0.213. The van der Waals surface area contributed by atoms with Crippen LogP contribution in [0.25, 0.3) is 10.2 Å². The smallest absolute Gasteiger partial charge is 0.339 e. The summed E-state index contributed by atoms with van der Waals surface area (Å²) in [4.78, 5) is 41.3. The molecule has 0 aliphatic rings. The first-order valence-electron chi connectivity index (χ1n) is 7.86. The summed E-state index contributed by atoms with van der Waals surface area (Å²) in [6.07, 6.45) is 1.43. The molecule has 0 amide bonds. The molecule has 0 atom stereocenters. The van der Waals surface area contributed by atoms with Gasteiger partial charge in [0, 0.05) is 5.38 Å². The fourth-order valence-electron chi connectivity index (χ4n) is 2.55. The number of aromatic nitrogens is 2. The Hall–Kier alpha value is -3.00. The summed E-state index contributed by atoms with van der Waals surface area (Å²) in [5.74, 6) is -0.988. The lowest BCUT2D eigenvalue weighted by Crippen LogP contribution is -2.22. The maximum Gasteiger partial charge on any atom is 0.339 e. The molecule has 0 spiro atoms. The largest absolute Gasteiger partial charge is 0.465 e. The van der Waals surface area contributed by atoms with Gasteiger partial charge in [-0.15, -0.1) is 11.3 Å². The molecule has 0 aliphatic carbocycles. The molecule has 0 unspecified atom stereocenters. The lowest BCUT2D eigenvalue weighted by atomic mass is 10.1. The predicted octanol–water partition coefficient (Wildman–Crippen LogP) is 2.47. The Morgan fingerprint density at radius 1 is 1.27 bits per heavy atom. The van der Waals surface area contributed by atoms with Gasteiger partial charge in [0.1, 0.15) is 4.83 Å². The molecule has 3 rings (SSSR count). The second kappa shape index (κ2) is 7.49. The molecule has 0 saturated carbocycles. The van der Waals surface area contributed by atoms with E-state index in [1.54, 1.807) is 36.6 Å². The van der Waals surface area contributed by atoms with E-state index >= 15 is 0 Å². The molecule has 0 fully saturated rings. The van der Waals surface area contributed by atoms with Crippen LogP contribution >= 0.6 is 11.3 Å². The number of thiophene rings is 1. The quantitative estimate of drug-likeness (QED) is 0.640. The van der Waals surface area contributed by atoms with E-state index in [-0.39, 0.29) is 29.7 Å². The number of hydrogen-bond acceptors (Lipinski definition) is 7. The maximum atomic E-state index is 12.8. The van der Waals surface area contributed by atoms with E-state index in [2.05, 4.69) is 4.98 Å². The molecule has 0 N–H and O–H groups in total. The second-order valence-electron chi connectivity index (χ2n) is 5.42. The van der Waals surface area contributed by atoms with Crippen molar-refractivity contribution in [3.63, 3.8) is 0 Å². The van der Waals surface area contributed by atoms with Crippen LogP contribution in [0.5, 0.6) is 0 Å². The molecule has 7 nitrogen and oxygen atoms in total. The Balaban J connectivity index is 2.00. The third-order valence-corrected chi connectivity index (χ3v) is 4.64. The molecule has 2 aromatic heterocycles. The van der Waals surface area contributed by atoms with E-state index < -0.39 is 11.9 Å². The highest BCUT2D eigenvalue weighted by Gasteiger charge is 2.18. The van der Waals surface area contributed by atoms with Gasteiger partial charge in [-0.25, -0.2) is 14.6 Å². The fraction of sp³-hybridized carbons (Fsp3) is 0.222. The highest BCUT2D eigenvalue weighted by atomic mass is 32.1. The van der Waals surface area contributed by atoms with E-state index in [1.807, 2.05) is 0 Å². The van der Waals surface area contributed by atoms with E-state index in [0.29, 0.717) is 10.4 Å². The van der Waals surface area contributed by atoms with Crippen molar-refractivity contribution in [2.24, 2.45) is 0 Å². The Kier molecular flexibility index (Phi) is 5.13. The average molecular weight is 372 g/mol. The molecule has 0 saturated heterocycles. The van der Waals surface area contributed by atoms with Gasteiger partial charge in [-0.05, 0) is 24.6 Å². The minimum Gasteiger partial charge on any atom is -0.465 e. The van der Waals surface area contributed by atoms with Crippen LogP contribution < -0.4 is 5.56 Å². The first-order valence-corrected chi connectivity index (χ1v) is 8.74. The van der Waals surface area contributed by atoms with Crippen LogP contribution in [0.4, 0.5) is 0 Å². The van der Waals surface area contributed by atoms with Gasteiger partial charge in [-0.1, -0.05) is 12.1 Å². The van der Waals surface area contributed by atoms with Gasteiger partial charge in [0.25, 0.3) is 5.56 Å². The van der Waals surface area contributed by atoms with Crippen molar-refractivity contribution in [2.75, 3.05) is 13.7 Å². The SMILES string of the molecule is CCOC(=O)c1csc2ncn(Cc3cccc(C(=O)OC)c3)c(=O)c12. The number of fused-ring (bicyclic) bond motifs is 1. The van der Waals surface area contributed by atoms with Gasteiger partial charge < -0.3 is 9.47 Å². The van der Waals surface area contributed by atoms with Gasteiger partial charge in [0.2, 0.25) is 0 Å². The zero-order chi connectivity index (χ0) is 18.7. The highest BCUT2D eigenvalue weighted by Crippen LogP contribution is 2.21. The van der Waals surface area contributed by atoms with Crippen molar-refractivity contribution in [1.29, 1.82) is 0 Å². The van der Waals surface area contributed by atoms with Crippen LogP contribution in [-0.2, 0) is 16.0 Å². The predicted molar refractivity (Wildman–Crippen MR) is 96.7 cm³/mol. The van der Waals surface area contributed by atoms with Gasteiger partial charge in [-0.2, -0.15) is 0 Å². The summed E-state index contributed by atoms with van der Waals surface area (Å²) >= 11 is 1.22. The number of nitrogens with zero attached hydrogens (tertiary/aromatic N) is 2. The fourth-order valence-corrected chi connectivity index (χ4v) is 3.42. The topological polar surface area (TPSA) is 87.5 Å². The van der Waals surface area contributed by atoms with Crippen molar-refractivity contribution in [3.8, 4) is 0 Å². The Labute approximate surface area is 152 Å². The van der Waals surface area contributed by atoms with E-state index in [0.717, 1.165) is 5.56 Å². The summed E-state index contributed by atoms with van der Waals surface area (Å²) in [5.41, 5.74) is 1.03. The number of methoxy groups -OCH3 is 1. The van der Waals surface area contributed by atoms with E-state index in [4.69, 9.17) is 9.47 Å². The lowest BCUT2D eigenvalue weighted by Gasteiger charge is -2.07. The summed E-state index contributed by atoms with van der Waals surface area (Å²) in [5, 5.41) is 1.83. The number of rotatable bonds is 5. The lowest BCUT2D eigenvalue weighted by molar-refractivity contribution is 0.0528.